The molecule has 2 heterocycles. The third-order valence-electron chi connectivity index (χ3n) is 4.87. The van der Waals surface area contributed by atoms with Crippen molar-refractivity contribution >= 4 is 28.3 Å². The second-order valence-corrected chi connectivity index (χ2v) is 9.55. The summed E-state index contributed by atoms with van der Waals surface area (Å²) in [6.07, 6.45) is 1.68. The Balaban J connectivity index is 1.84. The van der Waals surface area contributed by atoms with E-state index in [2.05, 4.69) is 69.9 Å². The van der Waals surface area contributed by atoms with E-state index < -0.39 is 0 Å². The minimum absolute atomic E-state index is 0.00951. The van der Waals surface area contributed by atoms with Crippen molar-refractivity contribution in [3.8, 4) is 0 Å². The van der Waals surface area contributed by atoms with Crippen LogP contribution in [0.1, 0.15) is 51.6 Å². The molecule has 1 aromatic carbocycles. The molecule has 3 aromatic rings. The highest BCUT2D eigenvalue weighted by molar-refractivity contribution is 6.32. The zero-order chi connectivity index (χ0) is 19.8. The summed E-state index contributed by atoms with van der Waals surface area (Å²) < 4.78 is 0. The summed E-state index contributed by atoms with van der Waals surface area (Å²) in [6.45, 7) is 11.2. The van der Waals surface area contributed by atoms with Crippen LogP contribution in [0.15, 0.2) is 42.5 Å². The smallest absolute Gasteiger partial charge is 0.142 e. The Kier molecular flexibility index (Phi) is 5.18. The van der Waals surface area contributed by atoms with Gasteiger partial charge >= 0.3 is 0 Å². The highest BCUT2D eigenvalue weighted by Gasteiger charge is 2.22. The number of nitrogen functional groups attached to an aromatic ring is 1. The molecule has 3 nitrogen and oxygen atoms in total. The molecule has 4 heteroatoms. The molecule has 0 aliphatic rings. The molecule has 0 atom stereocenters. The zero-order valence-corrected chi connectivity index (χ0v) is 17.6. The molecule has 2 N–H and O–H groups in total. The normalized spacial score (nSPS) is 12.5. The molecule has 0 aliphatic carbocycles. The summed E-state index contributed by atoms with van der Waals surface area (Å²) in [5, 5.41) is 1.68. The third-order valence-corrected chi connectivity index (χ3v) is 5.19. The first kappa shape index (κ1) is 19.6. The molecule has 0 radical (unpaired) electrons. The van der Waals surface area contributed by atoms with Crippen molar-refractivity contribution in [3.63, 3.8) is 0 Å². The number of anilines is 1. The second kappa shape index (κ2) is 7.12. The van der Waals surface area contributed by atoms with Gasteiger partial charge in [0.15, 0.2) is 0 Å². The van der Waals surface area contributed by atoms with Gasteiger partial charge in [-0.05, 0) is 53.5 Å². The number of halogens is 1. The fourth-order valence-electron chi connectivity index (χ4n) is 3.37. The number of fused-ring (bicyclic) bond motifs is 1. The Bertz CT molecular complexity index is 971. The number of nitrogens with two attached hydrogens (primary N) is 1. The van der Waals surface area contributed by atoms with Crippen LogP contribution in [0.4, 0.5) is 5.82 Å². The summed E-state index contributed by atoms with van der Waals surface area (Å²) in [5.74, 6) is 0.392. The topological polar surface area (TPSA) is 51.8 Å². The van der Waals surface area contributed by atoms with Crippen LogP contribution in [-0.2, 0) is 18.3 Å². The summed E-state index contributed by atoms with van der Waals surface area (Å²) in [7, 11) is 0. The zero-order valence-electron chi connectivity index (χ0n) is 16.8. The molecule has 0 unspecified atom stereocenters. The van der Waals surface area contributed by atoms with Crippen LogP contribution >= 0.6 is 11.6 Å². The van der Waals surface area contributed by atoms with E-state index in [9.17, 15) is 0 Å². The predicted octanol–water partition coefficient (Wildman–Crippen LogP) is 5.97. The molecule has 0 spiro atoms. The maximum Gasteiger partial charge on any atom is 0.142 e. The van der Waals surface area contributed by atoms with Crippen molar-refractivity contribution in [2.24, 2.45) is 5.41 Å². The van der Waals surface area contributed by atoms with E-state index in [1.165, 1.54) is 10.9 Å². The first-order valence-corrected chi connectivity index (χ1v) is 9.72. The summed E-state index contributed by atoms with van der Waals surface area (Å²) >= 11 is 5.98. The van der Waals surface area contributed by atoms with Crippen LogP contribution < -0.4 is 5.73 Å². The lowest BCUT2D eigenvalue weighted by Gasteiger charge is -2.24. The number of rotatable bonds is 4. The summed E-state index contributed by atoms with van der Waals surface area (Å²) in [6, 6.07) is 14.6. The quantitative estimate of drug-likeness (QED) is 0.605. The van der Waals surface area contributed by atoms with Crippen LogP contribution in [0, 0.1) is 5.41 Å². The van der Waals surface area contributed by atoms with Gasteiger partial charge in [-0.2, -0.15) is 0 Å². The van der Waals surface area contributed by atoms with Gasteiger partial charge in [-0.15, -0.1) is 0 Å². The van der Waals surface area contributed by atoms with Crippen molar-refractivity contribution in [2.45, 2.75) is 52.9 Å². The molecule has 2 aromatic heterocycles. The lowest BCUT2D eigenvalue weighted by atomic mass is 9.82. The Morgan fingerprint density at radius 2 is 1.44 bits per heavy atom. The van der Waals surface area contributed by atoms with E-state index in [1.54, 1.807) is 0 Å². The number of nitrogens with zero attached hydrogens (tertiary/aromatic N) is 2. The standard InChI is InChI=1S/C23H28ClN3/c1-22(2,3)16-8-6-15-7-9-17(26-20(15)12-16)13-23(4,5)14-18-10-11-19(24)21(25)27-18/h6-12H,13-14H2,1-5H3,(H2,25,27). The van der Waals surface area contributed by atoms with Gasteiger partial charge in [-0.1, -0.05) is 64.4 Å². The first-order valence-electron chi connectivity index (χ1n) is 9.35. The van der Waals surface area contributed by atoms with E-state index in [-0.39, 0.29) is 10.8 Å². The molecule has 0 saturated heterocycles. The largest absolute Gasteiger partial charge is 0.382 e. The van der Waals surface area contributed by atoms with Crippen molar-refractivity contribution in [1.82, 2.24) is 9.97 Å². The average Bonchev–Trinajstić information content (AvgIpc) is 2.56. The molecule has 0 saturated carbocycles. The molecular weight excluding hydrogens is 354 g/mol. The van der Waals surface area contributed by atoms with Crippen molar-refractivity contribution < 1.29 is 0 Å². The Morgan fingerprint density at radius 1 is 0.852 bits per heavy atom. The first-order chi connectivity index (χ1) is 12.5. The molecular formula is C23H28ClN3. The minimum Gasteiger partial charge on any atom is -0.382 e. The molecule has 27 heavy (non-hydrogen) atoms. The Morgan fingerprint density at radius 3 is 2.07 bits per heavy atom. The van der Waals surface area contributed by atoms with Crippen molar-refractivity contribution in [1.29, 1.82) is 0 Å². The van der Waals surface area contributed by atoms with Crippen LogP contribution in [0.2, 0.25) is 5.02 Å². The monoisotopic (exact) mass is 381 g/mol. The van der Waals surface area contributed by atoms with Gasteiger partial charge in [0.1, 0.15) is 5.82 Å². The highest BCUT2D eigenvalue weighted by atomic mass is 35.5. The number of pyridine rings is 2. The molecule has 142 valence electrons. The van der Waals surface area contributed by atoms with Crippen LogP contribution in [-0.4, -0.2) is 9.97 Å². The van der Waals surface area contributed by atoms with Crippen LogP contribution in [0.25, 0.3) is 10.9 Å². The van der Waals surface area contributed by atoms with Gasteiger partial charge in [-0.25, -0.2) is 4.98 Å². The summed E-state index contributed by atoms with van der Waals surface area (Å²) in [5.41, 5.74) is 10.4. The number of hydrogen-bond acceptors (Lipinski definition) is 3. The maximum absolute atomic E-state index is 5.98. The number of benzene rings is 1. The van der Waals surface area contributed by atoms with Gasteiger partial charge in [0.05, 0.1) is 10.5 Å². The van der Waals surface area contributed by atoms with Crippen LogP contribution in [0.3, 0.4) is 0 Å². The predicted molar refractivity (Wildman–Crippen MR) is 115 cm³/mol. The average molecular weight is 382 g/mol. The van der Waals surface area contributed by atoms with E-state index in [0.717, 1.165) is 29.7 Å². The molecule has 0 aliphatic heterocycles. The number of hydrogen-bond donors (Lipinski definition) is 1. The van der Waals surface area contributed by atoms with E-state index in [4.69, 9.17) is 22.3 Å². The lowest BCUT2D eigenvalue weighted by molar-refractivity contribution is 0.353. The Labute approximate surface area is 167 Å². The van der Waals surface area contributed by atoms with E-state index in [1.807, 2.05) is 12.1 Å². The van der Waals surface area contributed by atoms with E-state index >= 15 is 0 Å². The van der Waals surface area contributed by atoms with Gasteiger partial charge in [0, 0.05) is 16.8 Å². The fraction of sp³-hybridized carbons (Fsp3) is 0.391. The van der Waals surface area contributed by atoms with Gasteiger partial charge in [-0.3, -0.25) is 4.98 Å². The van der Waals surface area contributed by atoms with Crippen molar-refractivity contribution in [3.05, 3.63) is 64.4 Å². The molecule has 3 rings (SSSR count). The van der Waals surface area contributed by atoms with Crippen LogP contribution in [0.5, 0.6) is 0 Å². The highest BCUT2D eigenvalue weighted by Crippen LogP contribution is 2.29. The summed E-state index contributed by atoms with van der Waals surface area (Å²) in [4.78, 5) is 9.36. The van der Waals surface area contributed by atoms with Crippen molar-refractivity contribution in [2.75, 3.05) is 5.73 Å². The fourth-order valence-corrected chi connectivity index (χ4v) is 3.47. The van der Waals surface area contributed by atoms with Gasteiger partial charge in [0.2, 0.25) is 0 Å². The second-order valence-electron chi connectivity index (χ2n) is 9.15. The minimum atomic E-state index is 0.00951. The SMILES string of the molecule is CC(C)(Cc1ccc(Cl)c(N)n1)Cc1ccc2ccc(C(C)(C)C)cc2n1. The molecule has 0 amide bonds. The van der Waals surface area contributed by atoms with Gasteiger partial charge in [0.25, 0.3) is 0 Å². The third kappa shape index (κ3) is 4.78. The van der Waals surface area contributed by atoms with Gasteiger partial charge < -0.3 is 5.73 Å². The molecule has 0 fully saturated rings. The number of aromatic nitrogens is 2. The Hall–Kier alpha value is -2.13. The van der Waals surface area contributed by atoms with E-state index in [0.29, 0.717) is 10.8 Å². The lowest BCUT2D eigenvalue weighted by Crippen LogP contribution is -2.20. The maximum atomic E-state index is 5.98. The molecule has 0 bridgehead atoms.